The van der Waals surface area contributed by atoms with Gasteiger partial charge in [-0.2, -0.15) is 0 Å². The number of hydrogen-bond donors (Lipinski definition) is 0. The van der Waals surface area contributed by atoms with Crippen molar-refractivity contribution >= 4 is 94.4 Å². The molecule has 254 valence electrons. The standard InChI is InChI=1S/C29H18N2S.C21H14S/c1-5-11-23-19(7-1)14-16-27-28(23)31(26-18-30-17-21-9-3-4-10-22(21)26)25-15-13-20-8-2-6-12-24(20)29(25)32-27;1-3-7-17-14(5-1)11-12-20-19(17)13-16-10-9-15-6-2-4-8-18(15)21(16)22-20/h1-18H;1-12H,13H2. The summed E-state index contributed by atoms with van der Waals surface area (Å²) in [5.74, 6) is 0. The van der Waals surface area contributed by atoms with E-state index in [4.69, 9.17) is 0 Å². The average molecular weight is 725 g/mol. The minimum absolute atomic E-state index is 1.03. The van der Waals surface area contributed by atoms with Crippen LogP contribution in [0.15, 0.2) is 202 Å². The molecule has 2 nitrogen and oxygen atoms in total. The summed E-state index contributed by atoms with van der Waals surface area (Å²) < 4.78 is 0. The maximum Gasteiger partial charge on any atom is 0.0724 e. The van der Waals surface area contributed by atoms with Crippen molar-refractivity contribution in [2.75, 3.05) is 4.90 Å². The number of anilines is 3. The molecule has 2 aliphatic heterocycles. The van der Waals surface area contributed by atoms with Gasteiger partial charge in [-0.15, -0.1) is 0 Å². The molecule has 12 rings (SSSR count). The zero-order chi connectivity index (χ0) is 35.6. The lowest BCUT2D eigenvalue weighted by Gasteiger charge is -2.35. The number of hydrogen-bond acceptors (Lipinski definition) is 4. The van der Waals surface area contributed by atoms with Gasteiger partial charge < -0.3 is 4.90 Å². The van der Waals surface area contributed by atoms with Gasteiger partial charge in [-0.05, 0) is 67.0 Å². The number of rotatable bonds is 1. The molecule has 10 aromatic rings. The van der Waals surface area contributed by atoms with Crippen LogP contribution in [0.3, 0.4) is 0 Å². The molecule has 1 aromatic heterocycles. The molecule has 0 aliphatic carbocycles. The minimum atomic E-state index is 1.03. The van der Waals surface area contributed by atoms with Crippen LogP contribution in [0.2, 0.25) is 0 Å². The van der Waals surface area contributed by atoms with E-state index in [0.717, 1.165) is 17.5 Å². The topological polar surface area (TPSA) is 16.1 Å². The maximum atomic E-state index is 4.63. The quantitative estimate of drug-likeness (QED) is 0.167. The van der Waals surface area contributed by atoms with Crippen LogP contribution >= 0.6 is 23.5 Å². The van der Waals surface area contributed by atoms with Crippen molar-refractivity contribution in [3.63, 3.8) is 0 Å². The summed E-state index contributed by atoms with van der Waals surface area (Å²) in [5, 5.41) is 12.8. The van der Waals surface area contributed by atoms with Gasteiger partial charge in [0.25, 0.3) is 0 Å². The average Bonchev–Trinajstić information content (AvgIpc) is 3.25. The van der Waals surface area contributed by atoms with Crippen LogP contribution in [0, 0.1) is 0 Å². The molecule has 0 saturated carbocycles. The van der Waals surface area contributed by atoms with E-state index in [2.05, 4.69) is 180 Å². The highest BCUT2D eigenvalue weighted by Crippen LogP contribution is 2.56. The summed E-state index contributed by atoms with van der Waals surface area (Å²) in [5.41, 5.74) is 6.47. The summed E-state index contributed by atoms with van der Waals surface area (Å²) in [4.78, 5) is 12.4. The van der Waals surface area contributed by atoms with Gasteiger partial charge >= 0.3 is 0 Å². The van der Waals surface area contributed by atoms with E-state index in [0.29, 0.717) is 0 Å². The second kappa shape index (κ2) is 12.8. The van der Waals surface area contributed by atoms with E-state index in [1.165, 1.54) is 90.6 Å². The van der Waals surface area contributed by atoms with E-state index in [-0.39, 0.29) is 0 Å². The minimum Gasteiger partial charge on any atom is -0.305 e. The van der Waals surface area contributed by atoms with Crippen LogP contribution in [0.25, 0.3) is 53.9 Å². The number of nitrogens with zero attached hydrogens (tertiary/aromatic N) is 2. The molecule has 9 aromatic carbocycles. The van der Waals surface area contributed by atoms with Gasteiger partial charge in [-0.3, -0.25) is 4.98 Å². The molecule has 0 fully saturated rings. The first-order valence-corrected chi connectivity index (χ1v) is 20.0. The molecular formula is C50H32N2S2. The Labute approximate surface area is 322 Å². The summed E-state index contributed by atoms with van der Waals surface area (Å²) in [6.45, 7) is 0. The molecule has 0 saturated heterocycles. The van der Waals surface area contributed by atoms with Crippen molar-refractivity contribution in [3.05, 3.63) is 193 Å². The fourth-order valence-corrected chi connectivity index (χ4v) is 10.7. The van der Waals surface area contributed by atoms with Gasteiger partial charge in [0.1, 0.15) is 0 Å². The van der Waals surface area contributed by atoms with E-state index in [9.17, 15) is 0 Å². The Hall–Kier alpha value is -6.07. The van der Waals surface area contributed by atoms with Crippen molar-refractivity contribution in [1.29, 1.82) is 0 Å². The third-order valence-electron chi connectivity index (χ3n) is 10.8. The Kier molecular flexibility index (Phi) is 7.46. The van der Waals surface area contributed by atoms with Gasteiger partial charge in [0.2, 0.25) is 0 Å². The Morgan fingerprint density at radius 3 is 1.65 bits per heavy atom. The van der Waals surface area contributed by atoms with E-state index < -0.39 is 0 Å². The highest BCUT2D eigenvalue weighted by Gasteiger charge is 2.29. The largest absolute Gasteiger partial charge is 0.305 e. The first-order chi connectivity index (χ1) is 26.8. The summed E-state index contributed by atoms with van der Waals surface area (Å²) in [6, 6.07) is 61.3. The monoisotopic (exact) mass is 724 g/mol. The predicted octanol–water partition coefficient (Wildman–Crippen LogP) is 14.5. The first kappa shape index (κ1) is 31.5. The summed E-state index contributed by atoms with van der Waals surface area (Å²) in [6.07, 6.45) is 4.98. The lowest BCUT2D eigenvalue weighted by atomic mass is 9.96. The Morgan fingerprint density at radius 2 is 0.907 bits per heavy atom. The number of aromatic nitrogens is 1. The molecule has 0 atom stereocenters. The van der Waals surface area contributed by atoms with Crippen LogP contribution < -0.4 is 4.90 Å². The third-order valence-corrected chi connectivity index (χ3v) is 13.3. The lowest BCUT2D eigenvalue weighted by Crippen LogP contribution is -2.16. The maximum absolute atomic E-state index is 4.63. The van der Waals surface area contributed by atoms with Crippen LogP contribution in [-0.4, -0.2) is 4.98 Å². The molecule has 4 heteroatoms. The molecule has 0 N–H and O–H groups in total. The van der Waals surface area contributed by atoms with E-state index in [1.54, 1.807) is 0 Å². The third kappa shape index (κ3) is 5.09. The molecule has 0 unspecified atom stereocenters. The van der Waals surface area contributed by atoms with Crippen molar-refractivity contribution < 1.29 is 0 Å². The van der Waals surface area contributed by atoms with Gasteiger partial charge in [0.05, 0.1) is 23.3 Å². The smallest absolute Gasteiger partial charge is 0.0724 e. The van der Waals surface area contributed by atoms with Gasteiger partial charge in [-0.25, -0.2) is 0 Å². The van der Waals surface area contributed by atoms with Gasteiger partial charge in [-0.1, -0.05) is 175 Å². The second-order valence-electron chi connectivity index (χ2n) is 13.9. The van der Waals surface area contributed by atoms with Gasteiger partial charge in [0, 0.05) is 48.4 Å². The highest BCUT2D eigenvalue weighted by atomic mass is 32.2. The first-order valence-electron chi connectivity index (χ1n) is 18.3. The molecule has 54 heavy (non-hydrogen) atoms. The Balaban J connectivity index is 0.000000135. The van der Waals surface area contributed by atoms with Crippen molar-refractivity contribution in [2.45, 2.75) is 26.0 Å². The second-order valence-corrected chi connectivity index (χ2v) is 16.0. The SMILES string of the molecule is c1ccc2c(N3c4ccc5ccccc5c4Sc4ccc5ccccc5c43)cncc2c1.c1ccc2c3c(ccc2c1)Sc1c(ccc2ccccc12)C3. The normalized spacial score (nSPS) is 12.9. The Bertz CT molecular complexity index is 3020. The van der Waals surface area contributed by atoms with Crippen molar-refractivity contribution in [3.8, 4) is 0 Å². The fourth-order valence-electron chi connectivity index (χ4n) is 8.26. The van der Waals surface area contributed by atoms with Crippen molar-refractivity contribution in [2.24, 2.45) is 0 Å². The molecule has 2 aliphatic rings. The summed E-state index contributed by atoms with van der Waals surface area (Å²) in [7, 11) is 0. The molecule has 0 bridgehead atoms. The zero-order valence-corrected chi connectivity index (χ0v) is 30.9. The van der Waals surface area contributed by atoms with Gasteiger partial charge in [0.15, 0.2) is 0 Å². The van der Waals surface area contributed by atoms with Crippen molar-refractivity contribution in [1.82, 2.24) is 4.98 Å². The van der Waals surface area contributed by atoms with Crippen LogP contribution in [0.4, 0.5) is 17.1 Å². The van der Waals surface area contributed by atoms with Crippen LogP contribution in [0.1, 0.15) is 11.1 Å². The van der Waals surface area contributed by atoms with E-state index in [1.807, 2.05) is 35.9 Å². The lowest BCUT2D eigenvalue weighted by molar-refractivity contribution is 1.09. The number of pyridine rings is 1. The van der Waals surface area contributed by atoms with Crippen LogP contribution in [-0.2, 0) is 6.42 Å². The fraction of sp³-hybridized carbons (Fsp3) is 0.0200. The summed E-state index contributed by atoms with van der Waals surface area (Å²) >= 11 is 3.80. The molecule has 3 heterocycles. The predicted molar refractivity (Wildman–Crippen MR) is 230 cm³/mol. The zero-order valence-electron chi connectivity index (χ0n) is 29.2. The van der Waals surface area contributed by atoms with E-state index >= 15 is 0 Å². The highest BCUT2D eigenvalue weighted by molar-refractivity contribution is 8.00. The molecule has 0 spiro atoms. The molecular weight excluding hydrogens is 693 g/mol. The number of benzene rings is 9. The van der Waals surface area contributed by atoms with Crippen LogP contribution in [0.5, 0.6) is 0 Å². The molecule has 0 amide bonds. The number of fused-ring (bicyclic) bond motifs is 13. The molecule has 0 radical (unpaired) electrons. The Morgan fingerprint density at radius 1 is 0.389 bits per heavy atom.